The van der Waals surface area contributed by atoms with Crippen molar-refractivity contribution in [3.63, 3.8) is 0 Å². The Morgan fingerprint density at radius 1 is 1.10 bits per heavy atom. The summed E-state index contributed by atoms with van der Waals surface area (Å²) < 4.78 is 75.4. The van der Waals surface area contributed by atoms with Crippen LogP contribution in [0, 0.1) is 11.2 Å². The van der Waals surface area contributed by atoms with Crippen LogP contribution in [0.4, 0.5) is 17.6 Å². The van der Waals surface area contributed by atoms with Gasteiger partial charge in [-0.2, -0.15) is 0 Å². The monoisotopic (exact) mass is 561 g/mol. The fourth-order valence-corrected chi connectivity index (χ4v) is 5.88. The highest BCUT2D eigenvalue weighted by Crippen LogP contribution is 2.54. The summed E-state index contributed by atoms with van der Waals surface area (Å²) in [6.45, 7) is 0.862. The predicted molar refractivity (Wildman–Crippen MR) is 132 cm³/mol. The number of aromatic nitrogens is 1. The highest BCUT2D eigenvalue weighted by molar-refractivity contribution is 5.88. The molecule has 7 rings (SSSR count). The summed E-state index contributed by atoms with van der Waals surface area (Å²) in [6.07, 6.45) is -0.230. The first-order valence-electron chi connectivity index (χ1n) is 13.2. The standard InChI is InChI=1S/C29H27F4NO6/c30-22-8-7-18(13-20(22)26(35)36)28-11-9-27(10-12-28,16-38-28)15-37-14-21-24(34-40-25(21)17-5-6-17)19-3-1-2-4-23(19)39-29(31,32)33/h1-4,7-8,13,17H,5-6,9-12,14-16H2,(H,35,36). The number of para-hydroxylation sites is 1. The highest BCUT2D eigenvalue weighted by Gasteiger charge is 2.51. The number of benzene rings is 2. The zero-order valence-corrected chi connectivity index (χ0v) is 21.4. The Labute approximate surface area is 227 Å². The molecule has 40 heavy (non-hydrogen) atoms. The van der Waals surface area contributed by atoms with E-state index in [1.807, 2.05) is 0 Å². The van der Waals surface area contributed by atoms with Crippen LogP contribution in [0.25, 0.3) is 11.3 Å². The number of fused-ring (bicyclic) bond motifs is 3. The summed E-state index contributed by atoms with van der Waals surface area (Å²) >= 11 is 0. The molecule has 11 heteroatoms. The van der Waals surface area contributed by atoms with Crippen molar-refractivity contribution in [3.05, 3.63) is 70.7 Å². The Kier molecular flexibility index (Phi) is 6.61. The number of carboxylic acid groups (broad SMARTS) is 1. The van der Waals surface area contributed by atoms with Crippen molar-refractivity contribution < 1.29 is 46.2 Å². The van der Waals surface area contributed by atoms with Crippen LogP contribution < -0.4 is 4.74 Å². The average molecular weight is 562 g/mol. The Bertz CT molecular complexity index is 1410. The van der Waals surface area contributed by atoms with E-state index >= 15 is 0 Å². The topological polar surface area (TPSA) is 91.0 Å². The lowest BCUT2D eigenvalue weighted by Crippen LogP contribution is -2.51. The maximum absolute atomic E-state index is 14.0. The second-order valence-corrected chi connectivity index (χ2v) is 11.0. The third kappa shape index (κ3) is 5.08. The minimum absolute atomic E-state index is 0.109. The molecule has 1 N–H and O–H groups in total. The van der Waals surface area contributed by atoms with E-state index in [0.717, 1.165) is 25.7 Å². The average Bonchev–Trinajstić information content (AvgIpc) is 3.69. The van der Waals surface area contributed by atoms with Crippen molar-refractivity contribution in [1.82, 2.24) is 5.16 Å². The second-order valence-electron chi connectivity index (χ2n) is 11.0. The maximum atomic E-state index is 14.0. The van der Waals surface area contributed by atoms with Gasteiger partial charge in [0.25, 0.3) is 0 Å². The van der Waals surface area contributed by atoms with Crippen molar-refractivity contribution in [2.45, 2.75) is 63.0 Å². The number of hydrogen-bond acceptors (Lipinski definition) is 6. The molecule has 7 nitrogen and oxygen atoms in total. The maximum Gasteiger partial charge on any atom is 0.573 e. The van der Waals surface area contributed by atoms with E-state index in [1.165, 1.54) is 30.3 Å². The molecule has 0 atom stereocenters. The van der Waals surface area contributed by atoms with Gasteiger partial charge in [-0.25, -0.2) is 9.18 Å². The summed E-state index contributed by atoms with van der Waals surface area (Å²) in [5, 5.41) is 13.4. The van der Waals surface area contributed by atoms with Gasteiger partial charge >= 0.3 is 12.3 Å². The molecule has 0 radical (unpaired) electrons. The Morgan fingerprint density at radius 2 is 1.85 bits per heavy atom. The van der Waals surface area contributed by atoms with Gasteiger partial charge in [-0.15, -0.1) is 13.2 Å². The fourth-order valence-electron chi connectivity index (χ4n) is 5.88. The van der Waals surface area contributed by atoms with E-state index < -0.39 is 23.7 Å². The number of carboxylic acids is 1. The van der Waals surface area contributed by atoms with Crippen molar-refractivity contribution in [1.29, 1.82) is 0 Å². The van der Waals surface area contributed by atoms with E-state index in [-0.39, 0.29) is 40.5 Å². The lowest BCUT2D eigenvalue weighted by atomic mass is 9.64. The number of halogens is 4. The summed E-state index contributed by atoms with van der Waals surface area (Å²) in [5.41, 5.74) is 0.423. The molecular weight excluding hydrogens is 534 g/mol. The molecule has 212 valence electrons. The van der Waals surface area contributed by atoms with Gasteiger partial charge in [0, 0.05) is 22.5 Å². The molecule has 4 fully saturated rings. The Hall–Kier alpha value is -3.44. The molecule has 0 spiro atoms. The number of aromatic carboxylic acids is 1. The van der Waals surface area contributed by atoms with Crippen LogP contribution in [0.15, 0.2) is 47.0 Å². The number of ether oxygens (including phenoxy) is 3. The quantitative estimate of drug-likeness (QED) is 0.283. The summed E-state index contributed by atoms with van der Waals surface area (Å²) in [4.78, 5) is 11.4. The fraction of sp³-hybridized carbons (Fsp3) is 0.448. The molecule has 1 aromatic heterocycles. The van der Waals surface area contributed by atoms with Gasteiger partial charge in [-0.3, -0.25) is 0 Å². The number of carbonyl (C=O) groups is 1. The number of nitrogens with zero attached hydrogens (tertiary/aromatic N) is 1. The van der Waals surface area contributed by atoms with Gasteiger partial charge in [0.2, 0.25) is 0 Å². The molecular formula is C29H27F4NO6. The van der Waals surface area contributed by atoms with E-state index in [1.54, 1.807) is 12.1 Å². The predicted octanol–water partition coefficient (Wildman–Crippen LogP) is 6.96. The highest BCUT2D eigenvalue weighted by atomic mass is 19.4. The molecule has 2 aliphatic carbocycles. The van der Waals surface area contributed by atoms with Gasteiger partial charge in [-0.05, 0) is 68.4 Å². The van der Waals surface area contributed by atoms with Crippen LogP contribution in [0.2, 0.25) is 0 Å². The van der Waals surface area contributed by atoms with Crippen LogP contribution in [-0.4, -0.2) is 35.8 Å². The summed E-state index contributed by atoms with van der Waals surface area (Å²) in [7, 11) is 0. The van der Waals surface area contributed by atoms with Gasteiger partial charge in [0.15, 0.2) is 0 Å². The van der Waals surface area contributed by atoms with Crippen LogP contribution in [0.1, 0.15) is 71.7 Å². The molecule has 2 bridgehead atoms. The van der Waals surface area contributed by atoms with Crippen molar-refractivity contribution in [2.75, 3.05) is 13.2 Å². The van der Waals surface area contributed by atoms with Gasteiger partial charge < -0.3 is 23.8 Å². The van der Waals surface area contributed by atoms with Gasteiger partial charge in [-0.1, -0.05) is 23.4 Å². The Morgan fingerprint density at radius 3 is 2.50 bits per heavy atom. The van der Waals surface area contributed by atoms with E-state index in [9.17, 15) is 27.5 Å². The third-order valence-corrected chi connectivity index (χ3v) is 8.29. The van der Waals surface area contributed by atoms with Gasteiger partial charge in [0.05, 0.1) is 31.0 Å². The molecule has 0 unspecified atom stereocenters. The molecule has 2 aliphatic heterocycles. The second kappa shape index (κ2) is 9.88. The lowest BCUT2D eigenvalue weighted by Gasteiger charge is -2.53. The summed E-state index contributed by atoms with van der Waals surface area (Å²) in [5.74, 6) is -1.68. The first-order valence-corrected chi connectivity index (χ1v) is 13.2. The lowest BCUT2D eigenvalue weighted by molar-refractivity contribution is -0.274. The smallest absolute Gasteiger partial charge is 0.478 e. The molecule has 2 aromatic carbocycles. The normalized spacial score (nSPS) is 24.3. The van der Waals surface area contributed by atoms with E-state index in [4.69, 9.17) is 14.0 Å². The van der Waals surface area contributed by atoms with Crippen LogP contribution >= 0.6 is 0 Å². The third-order valence-electron chi connectivity index (χ3n) is 8.29. The molecule has 3 heterocycles. The van der Waals surface area contributed by atoms with Gasteiger partial charge in [0.1, 0.15) is 23.0 Å². The molecule has 4 aliphatic rings. The molecule has 2 saturated heterocycles. The van der Waals surface area contributed by atoms with Crippen molar-refractivity contribution >= 4 is 5.97 Å². The minimum Gasteiger partial charge on any atom is -0.478 e. The summed E-state index contributed by atoms with van der Waals surface area (Å²) in [6, 6.07) is 9.95. The first kappa shape index (κ1) is 26.8. The SMILES string of the molecule is O=C(O)c1cc(C23CCC(COCc4c(-c5ccccc5OC(F)(F)F)noc4C4CC4)(CC2)CO3)ccc1F. The first-order chi connectivity index (χ1) is 19.1. The zero-order valence-electron chi connectivity index (χ0n) is 21.4. The van der Waals surface area contributed by atoms with Crippen LogP contribution in [0.5, 0.6) is 5.75 Å². The number of rotatable bonds is 9. The number of hydrogen-bond donors (Lipinski definition) is 1. The van der Waals surface area contributed by atoms with Crippen molar-refractivity contribution in [2.24, 2.45) is 5.41 Å². The van der Waals surface area contributed by atoms with Crippen LogP contribution in [0.3, 0.4) is 0 Å². The zero-order chi connectivity index (χ0) is 28.1. The minimum atomic E-state index is -4.85. The molecule has 0 amide bonds. The number of alkyl halides is 3. The van der Waals surface area contributed by atoms with E-state index in [2.05, 4.69) is 9.89 Å². The largest absolute Gasteiger partial charge is 0.573 e. The van der Waals surface area contributed by atoms with E-state index in [0.29, 0.717) is 42.9 Å². The molecule has 2 saturated carbocycles. The van der Waals surface area contributed by atoms with Crippen LogP contribution in [-0.2, 0) is 21.7 Å². The van der Waals surface area contributed by atoms with Crippen molar-refractivity contribution in [3.8, 4) is 17.0 Å². The Balaban J connectivity index is 1.17. The molecule has 3 aromatic rings.